The lowest BCUT2D eigenvalue weighted by Gasteiger charge is -2.23. The zero-order valence-corrected chi connectivity index (χ0v) is 18.9. The van der Waals surface area contributed by atoms with Crippen molar-refractivity contribution < 1.29 is 14.3 Å². The molecule has 2 amide bonds. The van der Waals surface area contributed by atoms with Gasteiger partial charge in [0.2, 0.25) is 11.8 Å². The lowest BCUT2D eigenvalue weighted by Crippen LogP contribution is -2.34. The van der Waals surface area contributed by atoms with Crippen LogP contribution in [-0.2, 0) is 16.0 Å². The number of carbonyl (C=O) groups is 2. The molecule has 0 heterocycles. The Kier molecular flexibility index (Phi) is 9.25. The topological polar surface area (TPSA) is 82.5 Å². The smallest absolute Gasteiger partial charge is 0.228 e. The molecule has 0 bridgehead atoms. The summed E-state index contributed by atoms with van der Waals surface area (Å²) < 4.78 is 5.64. The van der Waals surface area contributed by atoms with Gasteiger partial charge in [-0.1, -0.05) is 37.6 Å². The average molecular weight is 424 g/mol. The third kappa shape index (κ3) is 7.89. The Morgan fingerprint density at radius 2 is 1.74 bits per heavy atom. The van der Waals surface area contributed by atoms with Crippen molar-refractivity contribution in [3.63, 3.8) is 0 Å². The SMILES string of the molecule is CCCCOc1ccc(CC(=O)Nc2ccc(C(=N)CC(C)N(C)C(C)=O)cc2)cc1. The standard InChI is InChI=1S/C25H33N3O3/c1-5-6-15-31-23-13-7-20(8-14-23)17-25(30)27-22-11-9-21(10-12-22)24(26)16-18(2)28(4)19(3)29/h7-14,18,26H,5-6,15-17H2,1-4H3,(H,27,30). The van der Waals surface area contributed by atoms with Crippen LogP contribution in [0.1, 0.15) is 51.2 Å². The molecule has 0 saturated heterocycles. The number of benzene rings is 2. The predicted octanol–water partition coefficient (Wildman–Crippen LogP) is 4.67. The molecule has 0 aliphatic heterocycles. The van der Waals surface area contributed by atoms with Gasteiger partial charge in [0.25, 0.3) is 0 Å². The molecule has 2 N–H and O–H groups in total. The van der Waals surface area contributed by atoms with E-state index in [-0.39, 0.29) is 24.3 Å². The van der Waals surface area contributed by atoms with Gasteiger partial charge in [0.05, 0.1) is 13.0 Å². The van der Waals surface area contributed by atoms with Gasteiger partial charge in [0.1, 0.15) is 5.75 Å². The second-order valence-electron chi connectivity index (χ2n) is 7.81. The van der Waals surface area contributed by atoms with Gasteiger partial charge >= 0.3 is 0 Å². The first-order valence-corrected chi connectivity index (χ1v) is 10.7. The summed E-state index contributed by atoms with van der Waals surface area (Å²) in [5.41, 5.74) is 2.84. The molecule has 2 aromatic carbocycles. The molecule has 166 valence electrons. The molecule has 6 nitrogen and oxygen atoms in total. The molecule has 0 aromatic heterocycles. The van der Waals surface area contributed by atoms with Crippen LogP contribution in [0.5, 0.6) is 5.75 Å². The molecule has 6 heteroatoms. The van der Waals surface area contributed by atoms with E-state index in [0.717, 1.165) is 29.7 Å². The number of hydrogen-bond donors (Lipinski definition) is 2. The summed E-state index contributed by atoms with van der Waals surface area (Å²) in [5.74, 6) is 0.704. The van der Waals surface area contributed by atoms with Crippen molar-refractivity contribution >= 4 is 23.2 Å². The summed E-state index contributed by atoms with van der Waals surface area (Å²) in [6.45, 7) is 6.27. The predicted molar refractivity (Wildman–Crippen MR) is 125 cm³/mol. The van der Waals surface area contributed by atoms with Crippen LogP contribution in [0, 0.1) is 5.41 Å². The lowest BCUT2D eigenvalue weighted by atomic mass is 10.0. The van der Waals surface area contributed by atoms with E-state index in [1.165, 1.54) is 6.92 Å². The van der Waals surface area contributed by atoms with Crippen LogP contribution in [0.25, 0.3) is 0 Å². The zero-order chi connectivity index (χ0) is 22.8. The van der Waals surface area contributed by atoms with Gasteiger partial charge in [-0.05, 0) is 48.7 Å². The number of rotatable bonds is 11. The van der Waals surface area contributed by atoms with Gasteiger partial charge in [-0.15, -0.1) is 0 Å². The molecule has 0 aliphatic rings. The van der Waals surface area contributed by atoms with E-state index >= 15 is 0 Å². The number of amides is 2. The Hall–Kier alpha value is -3.15. The van der Waals surface area contributed by atoms with Crippen LogP contribution in [0.2, 0.25) is 0 Å². The maximum absolute atomic E-state index is 12.4. The fourth-order valence-electron chi connectivity index (χ4n) is 3.04. The molecule has 2 aromatic rings. The number of hydrogen-bond acceptors (Lipinski definition) is 4. The van der Waals surface area contributed by atoms with Crippen molar-refractivity contribution in [2.45, 2.75) is 52.5 Å². The Morgan fingerprint density at radius 3 is 2.32 bits per heavy atom. The molecule has 1 atom stereocenters. The van der Waals surface area contributed by atoms with E-state index in [4.69, 9.17) is 10.1 Å². The fraction of sp³-hybridized carbons (Fsp3) is 0.400. The summed E-state index contributed by atoms with van der Waals surface area (Å²) in [6, 6.07) is 14.8. The highest BCUT2D eigenvalue weighted by Gasteiger charge is 2.15. The minimum atomic E-state index is -0.0980. The first kappa shape index (κ1) is 24.1. The van der Waals surface area contributed by atoms with Gasteiger partial charge in [-0.2, -0.15) is 0 Å². The third-order valence-electron chi connectivity index (χ3n) is 5.23. The normalized spacial score (nSPS) is 11.5. The van der Waals surface area contributed by atoms with Gasteiger partial charge in [-0.3, -0.25) is 9.59 Å². The van der Waals surface area contributed by atoms with E-state index in [2.05, 4.69) is 12.2 Å². The minimum absolute atomic E-state index is 0.0166. The number of nitrogens with zero attached hydrogens (tertiary/aromatic N) is 1. The molecular weight excluding hydrogens is 390 g/mol. The van der Waals surface area contributed by atoms with Crippen LogP contribution < -0.4 is 10.1 Å². The van der Waals surface area contributed by atoms with Crippen LogP contribution in [0.3, 0.4) is 0 Å². The highest BCUT2D eigenvalue weighted by molar-refractivity contribution is 5.99. The minimum Gasteiger partial charge on any atom is -0.494 e. The summed E-state index contributed by atoms with van der Waals surface area (Å²) >= 11 is 0. The molecule has 1 unspecified atom stereocenters. The highest BCUT2D eigenvalue weighted by Crippen LogP contribution is 2.16. The van der Waals surface area contributed by atoms with Crippen LogP contribution in [0.15, 0.2) is 48.5 Å². The lowest BCUT2D eigenvalue weighted by molar-refractivity contribution is -0.129. The van der Waals surface area contributed by atoms with Gasteiger partial charge in [-0.25, -0.2) is 0 Å². The molecule has 0 spiro atoms. The summed E-state index contributed by atoms with van der Waals surface area (Å²) in [7, 11) is 1.74. The second kappa shape index (κ2) is 11.9. The monoisotopic (exact) mass is 423 g/mol. The summed E-state index contributed by atoms with van der Waals surface area (Å²) in [6.07, 6.45) is 2.87. The van der Waals surface area contributed by atoms with Crippen LogP contribution in [-0.4, -0.2) is 42.1 Å². The van der Waals surface area contributed by atoms with Crippen LogP contribution >= 0.6 is 0 Å². The number of unbranched alkanes of at least 4 members (excludes halogenated alkanes) is 1. The third-order valence-corrected chi connectivity index (χ3v) is 5.23. The second-order valence-corrected chi connectivity index (χ2v) is 7.81. The molecule has 0 fully saturated rings. The van der Waals surface area contributed by atoms with E-state index in [9.17, 15) is 9.59 Å². The van der Waals surface area contributed by atoms with Crippen molar-refractivity contribution in [2.24, 2.45) is 0 Å². The maximum Gasteiger partial charge on any atom is 0.228 e. The Balaban J connectivity index is 1.86. The molecular formula is C25H33N3O3. The molecule has 0 radical (unpaired) electrons. The Morgan fingerprint density at radius 1 is 1.10 bits per heavy atom. The van der Waals surface area contributed by atoms with Crippen molar-refractivity contribution in [1.82, 2.24) is 4.90 Å². The number of ether oxygens (including phenoxy) is 1. The van der Waals surface area contributed by atoms with Crippen molar-refractivity contribution in [3.8, 4) is 5.75 Å². The zero-order valence-electron chi connectivity index (χ0n) is 18.9. The number of anilines is 1. The van der Waals surface area contributed by atoms with E-state index in [1.807, 2.05) is 43.3 Å². The molecule has 0 aliphatic carbocycles. The van der Waals surface area contributed by atoms with E-state index < -0.39 is 0 Å². The highest BCUT2D eigenvalue weighted by atomic mass is 16.5. The first-order chi connectivity index (χ1) is 14.8. The van der Waals surface area contributed by atoms with Crippen molar-refractivity contribution in [2.75, 3.05) is 19.0 Å². The number of nitrogens with one attached hydrogen (secondary N) is 2. The van der Waals surface area contributed by atoms with E-state index in [0.29, 0.717) is 24.4 Å². The Bertz CT molecular complexity index is 876. The van der Waals surface area contributed by atoms with E-state index in [1.54, 1.807) is 24.1 Å². The quantitative estimate of drug-likeness (QED) is 0.407. The fourth-order valence-corrected chi connectivity index (χ4v) is 3.04. The van der Waals surface area contributed by atoms with Crippen molar-refractivity contribution in [1.29, 1.82) is 5.41 Å². The summed E-state index contributed by atoms with van der Waals surface area (Å²) in [4.78, 5) is 25.5. The average Bonchev–Trinajstić information content (AvgIpc) is 2.74. The number of carbonyl (C=O) groups excluding carboxylic acids is 2. The van der Waals surface area contributed by atoms with Gasteiger partial charge in [0.15, 0.2) is 0 Å². The largest absolute Gasteiger partial charge is 0.494 e. The molecule has 0 saturated carbocycles. The van der Waals surface area contributed by atoms with Gasteiger partial charge in [0, 0.05) is 37.8 Å². The summed E-state index contributed by atoms with van der Waals surface area (Å²) in [5, 5.41) is 11.2. The molecule has 31 heavy (non-hydrogen) atoms. The van der Waals surface area contributed by atoms with Crippen LogP contribution in [0.4, 0.5) is 5.69 Å². The maximum atomic E-state index is 12.4. The van der Waals surface area contributed by atoms with Gasteiger partial charge < -0.3 is 20.4 Å². The van der Waals surface area contributed by atoms with Crippen molar-refractivity contribution in [3.05, 3.63) is 59.7 Å². The first-order valence-electron chi connectivity index (χ1n) is 10.7. The molecule has 2 rings (SSSR count). The Labute approximate surface area is 185 Å².